The zero-order valence-corrected chi connectivity index (χ0v) is 13.2. The third kappa shape index (κ3) is 5.88. The van der Waals surface area contributed by atoms with Crippen LogP contribution in [0.4, 0.5) is 4.39 Å². The molecule has 2 rings (SSSR count). The Morgan fingerprint density at radius 2 is 1.78 bits per heavy atom. The van der Waals surface area contributed by atoms with Crippen LogP contribution in [0.5, 0.6) is 11.5 Å². The summed E-state index contributed by atoms with van der Waals surface area (Å²) in [6.45, 7) is 0.161. The van der Waals surface area contributed by atoms with Gasteiger partial charge in [0.15, 0.2) is 0 Å². The Labute approximate surface area is 134 Å². The third-order valence-corrected chi connectivity index (χ3v) is 4.49. The number of halogens is 1. The molecule has 0 amide bonds. The summed E-state index contributed by atoms with van der Waals surface area (Å²) in [6.07, 6.45) is 0.394. The molecular weight excluding hydrogens is 321 g/mol. The second-order valence-electron chi connectivity index (χ2n) is 4.89. The van der Waals surface area contributed by atoms with Gasteiger partial charge in [0.2, 0.25) is 10.0 Å². The van der Waals surface area contributed by atoms with E-state index in [0.29, 0.717) is 17.7 Å². The summed E-state index contributed by atoms with van der Waals surface area (Å²) < 4.78 is 44.1. The van der Waals surface area contributed by atoms with E-state index < -0.39 is 10.0 Å². The SMILES string of the molecule is O=S(=O)(CCOc1ccc(F)cc1)NCCc1ccccc1O. The Bertz CT molecular complexity index is 732. The van der Waals surface area contributed by atoms with Crippen LogP contribution in [-0.2, 0) is 16.4 Å². The molecule has 0 atom stereocenters. The minimum absolute atomic E-state index is 0.0302. The van der Waals surface area contributed by atoms with Gasteiger partial charge in [-0.15, -0.1) is 0 Å². The van der Waals surface area contributed by atoms with Gasteiger partial charge in [-0.2, -0.15) is 0 Å². The first-order chi connectivity index (χ1) is 11.0. The standard InChI is InChI=1S/C16H18FNO4S/c17-14-5-7-15(8-6-14)22-11-12-23(20,21)18-10-9-13-3-1-2-4-16(13)19/h1-8,18-19H,9-12H2. The molecule has 0 spiro atoms. The Morgan fingerprint density at radius 3 is 2.48 bits per heavy atom. The van der Waals surface area contributed by atoms with Crippen molar-refractivity contribution in [1.29, 1.82) is 0 Å². The highest BCUT2D eigenvalue weighted by Crippen LogP contribution is 2.15. The molecule has 0 aliphatic rings. The van der Waals surface area contributed by atoms with Crippen molar-refractivity contribution >= 4 is 10.0 Å². The summed E-state index contributed by atoms with van der Waals surface area (Å²) in [6, 6.07) is 12.1. The molecule has 2 N–H and O–H groups in total. The van der Waals surface area contributed by atoms with Crippen LogP contribution in [0.1, 0.15) is 5.56 Å². The van der Waals surface area contributed by atoms with Crippen LogP contribution in [0.2, 0.25) is 0 Å². The minimum atomic E-state index is -3.47. The number of hydrogen-bond acceptors (Lipinski definition) is 4. The smallest absolute Gasteiger partial charge is 0.214 e. The van der Waals surface area contributed by atoms with Gasteiger partial charge in [-0.25, -0.2) is 17.5 Å². The van der Waals surface area contributed by atoms with Crippen LogP contribution in [-0.4, -0.2) is 32.4 Å². The number of para-hydroxylation sites is 1. The molecule has 23 heavy (non-hydrogen) atoms. The lowest BCUT2D eigenvalue weighted by atomic mass is 10.1. The van der Waals surface area contributed by atoms with Crippen LogP contribution in [0, 0.1) is 5.82 Å². The molecule has 0 unspecified atom stereocenters. The van der Waals surface area contributed by atoms with E-state index in [4.69, 9.17) is 4.74 Å². The number of phenolic OH excluding ortho intramolecular Hbond substituents is 1. The van der Waals surface area contributed by atoms with E-state index in [1.165, 1.54) is 24.3 Å². The second kappa shape index (κ2) is 7.94. The van der Waals surface area contributed by atoms with Crippen LogP contribution in [0.25, 0.3) is 0 Å². The van der Waals surface area contributed by atoms with Crippen molar-refractivity contribution in [2.75, 3.05) is 18.9 Å². The van der Waals surface area contributed by atoms with Crippen molar-refractivity contribution in [1.82, 2.24) is 4.72 Å². The Balaban J connectivity index is 1.74. The number of hydrogen-bond donors (Lipinski definition) is 2. The van der Waals surface area contributed by atoms with Crippen molar-refractivity contribution in [2.45, 2.75) is 6.42 Å². The van der Waals surface area contributed by atoms with E-state index in [0.717, 1.165) is 0 Å². The highest BCUT2D eigenvalue weighted by molar-refractivity contribution is 7.89. The van der Waals surface area contributed by atoms with E-state index >= 15 is 0 Å². The fourth-order valence-electron chi connectivity index (χ4n) is 1.94. The van der Waals surface area contributed by atoms with Gasteiger partial charge in [0.1, 0.15) is 23.9 Å². The average Bonchev–Trinajstić information content (AvgIpc) is 2.51. The van der Waals surface area contributed by atoms with Crippen LogP contribution in [0.15, 0.2) is 48.5 Å². The molecule has 0 saturated heterocycles. The lowest BCUT2D eigenvalue weighted by Crippen LogP contribution is -2.30. The number of nitrogens with one attached hydrogen (secondary N) is 1. The molecule has 0 aromatic heterocycles. The molecule has 0 bridgehead atoms. The van der Waals surface area contributed by atoms with Crippen molar-refractivity contribution < 1.29 is 22.7 Å². The quantitative estimate of drug-likeness (QED) is 0.772. The van der Waals surface area contributed by atoms with Gasteiger partial charge in [0.25, 0.3) is 0 Å². The molecule has 0 heterocycles. The Kier molecular flexibility index (Phi) is 5.95. The van der Waals surface area contributed by atoms with Gasteiger partial charge in [0.05, 0.1) is 5.75 Å². The molecule has 2 aromatic carbocycles. The van der Waals surface area contributed by atoms with Crippen molar-refractivity contribution in [2.24, 2.45) is 0 Å². The number of aromatic hydroxyl groups is 1. The lowest BCUT2D eigenvalue weighted by molar-refractivity contribution is 0.339. The van der Waals surface area contributed by atoms with Gasteiger partial charge in [-0.1, -0.05) is 18.2 Å². The highest BCUT2D eigenvalue weighted by atomic mass is 32.2. The lowest BCUT2D eigenvalue weighted by Gasteiger charge is -2.09. The first kappa shape index (κ1) is 17.2. The third-order valence-electron chi connectivity index (χ3n) is 3.14. The zero-order valence-electron chi connectivity index (χ0n) is 12.4. The van der Waals surface area contributed by atoms with E-state index in [2.05, 4.69) is 4.72 Å². The van der Waals surface area contributed by atoms with Crippen molar-refractivity contribution in [3.05, 3.63) is 59.9 Å². The average molecular weight is 339 g/mol. The summed E-state index contributed by atoms with van der Waals surface area (Å²) in [4.78, 5) is 0. The summed E-state index contributed by atoms with van der Waals surface area (Å²) in [7, 11) is -3.47. The Hall–Kier alpha value is -2.12. The zero-order chi connectivity index (χ0) is 16.7. The van der Waals surface area contributed by atoms with Gasteiger partial charge >= 0.3 is 0 Å². The van der Waals surface area contributed by atoms with Gasteiger partial charge in [-0.05, 0) is 42.3 Å². The first-order valence-corrected chi connectivity index (χ1v) is 8.74. The number of benzene rings is 2. The predicted molar refractivity (Wildman–Crippen MR) is 85.5 cm³/mol. The topological polar surface area (TPSA) is 75.6 Å². The van der Waals surface area contributed by atoms with Crippen LogP contribution in [0.3, 0.4) is 0 Å². The second-order valence-corrected chi connectivity index (χ2v) is 6.82. The molecule has 124 valence electrons. The van der Waals surface area contributed by atoms with E-state index in [-0.39, 0.29) is 30.5 Å². The summed E-state index contributed by atoms with van der Waals surface area (Å²) in [5, 5.41) is 9.60. The summed E-state index contributed by atoms with van der Waals surface area (Å²) in [5.74, 6) is -0.0246. The predicted octanol–water partition coefficient (Wildman–Crippen LogP) is 2.07. The summed E-state index contributed by atoms with van der Waals surface area (Å²) >= 11 is 0. The molecule has 0 aliphatic carbocycles. The van der Waals surface area contributed by atoms with Crippen LogP contribution >= 0.6 is 0 Å². The normalized spacial score (nSPS) is 11.3. The van der Waals surface area contributed by atoms with Gasteiger partial charge in [-0.3, -0.25) is 0 Å². The molecule has 7 heteroatoms. The molecule has 0 aliphatic heterocycles. The summed E-state index contributed by atoms with van der Waals surface area (Å²) in [5.41, 5.74) is 0.678. The maximum Gasteiger partial charge on any atom is 0.214 e. The van der Waals surface area contributed by atoms with Crippen molar-refractivity contribution in [3.63, 3.8) is 0 Å². The van der Waals surface area contributed by atoms with E-state index in [9.17, 15) is 17.9 Å². The molecule has 5 nitrogen and oxygen atoms in total. The first-order valence-electron chi connectivity index (χ1n) is 7.09. The molecule has 2 aromatic rings. The van der Waals surface area contributed by atoms with Gasteiger partial charge in [0, 0.05) is 6.54 Å². The molecule has 0 fully saturated rings. The van der Waals surface area contributed by atoms with Crippen molar-refractivity contribution in [3.8, 4) is 11.5 Å². The molecule has 0 radical (unpaired) electrons. The van der Waals surface area contributed by atoms with Crippen LogP contribution < -0.4 is 9.46 Å². The fourth-order valence-corrected chi connectivity index (χ4v) is 2.80. The van der Waals surface area contributed by atoms with E-state index in [1.807, 2.05) is 0 Å². The van der Waals surface area contributed by atoms with E-state index in [1.54, 1.807) is 24.3 Å². The Morgan fingerprint density at radius 1 is 1.09 bits per heavy atom. The molecular formula is C16H18FNO4S. The monoisotopic (exact) mass is 339 g/mol. The fraction of sp³-hybridized carbons (Fsp3) is 0.250. The highest BCUT2D eigenvalue weighted by Gasteiger charge is 2.10. The number of sulfonamides is 1. The maximum atomic E-state index is 12.7. The number of rotatable bonds is 8. The largest absolute Gasteiger partial charge is 0.508 e. The maximum absolute atomic E-state index is 12.7. The number of phenols is 1. The van der Waals surface area contributed by atoms with Gasteiger partial charge < -0.3 is 9.84 Å². The minimum Gasteiger partial charge on any atom is -0.508 e. The number of ether oxygens (including phenoxy) is 1. The molecule has 0 saturated carbocycles.